The predicted molar refractivity (Wildman–Crippen MR) is 71.3 cm³/mol. The number of nitrogens with two attached hydrogens (primary N) is 1. The van der Waals surface area contributed by atoms with Gasteiger partial charge in [-0.05, 0) is 24.5 Å². The van der Waals surface area contributed by atoms with Crippen LogP contribution in [0.4, 0.5) is 0 Å². The van der Waals surface area contributed by atoms with Crippen LogP contribution in [0, 0.1) is 5.92 Å². The van der Waals surface area contributed by atoms with Crippen molar-refractivity contribution in [2.75, 3.05) is 13.2 Å². The Bertz CT molecular complexity index is 483. The zero-order chi connectivity index (χ0) is 12.4. The van der Waals surface area contributed by atoms with Gasteiger partial charge >= 0.3 is 0 Å². The van der Waals surface area contributed by atoms with Crippen LogP contribution in [-0.2, 0) is 4.74 Å². The molecule has 0 saturated heterocycles. The van der Waals surface area contributed by atoms with Crippen LogP contribution >= 0.6 is 0 Å². The summed E-state index contributed by atoms with van der Waals surface area (Å²) in [6.45, 7) is 1.35. The Morgan fingerprint density at radius 3 is 2.94 bits per heavy atom. The van der Waals surface area contributed by atoms with Crippen molar-refractivity contribution < 1.29 is 9.15 Å². The molecular weight excluding hydrogens is 226 g/mol. The first-order chi connectivity index (χ1) is 8.83. The Morgan fingerprint density at radius 1 is 1.33 bits per heavy atom. The topological polar surface area (TPSA) is 48.4 Å². The highest BCUT2D eigenvalue weighted by Gasteiger charge is 2.20. The number of hydrogen-bond acceptors (Lipinski definition) is 3. The summed E-state index contributed by atoms with van der Waals surface area (Å²) in [4.78, 5) is 0. The highest BCUT2D eigenvalue weighted by atomic mass is 16.5. The molecule has 0 spiro atoms. The average Bonchev–Trinajstić information content (AvgIpc) is 3.10. The van der Waals surface area contributed by atoms with E-state index in [1.54, 1.807) is 0 Å². The van der Waals surface area contributed by atoms with Gasteiger partial charge in [-0.15, -0.1) is 0 Å². The third-order valence-corrected chi connectivity index (χ3v) is 3.47. The van der Waals surface area contributed by atoms with Crippen molar-refractivity contribution in [3.8, 4) is 0 Å². The molecule has 1 saturated carbocycles. The molecule has 3 nitrogen and oxygen atoms in total. The van der Waals surface area contributed by atoms with E-state index in [0.717, 1.165) is 29.3 Å². The van der Waals surface area contributed by atoms with Crippen molar-refractivity contribution in [3.05, 3.63) is 36.1 Å². The minimum Gasteiger partial charge on any atom is -0.459 e. The fourth-order valence-corrected chi connectivity index (χ4v) is 2.13. The van der Waals surface area contributed by atoms with Crippen LogP contribution in [0.5, 0.6) is 0 Å². The number of fused-ring (bicyclic) bond motifs is 1. The summed E-state index contributed by atoms with van der Waals surface area (Å²) in [5.74, 6) is 1.72. The van der Waals surface area contributed by atoms with Gasteiger partial charge in [0.05, 0.1) is 12.6 Å². The third kappa shape index (κ3) is 2.74. The Kier molecular flexibility index (Phi) is 3.35. The molecule has 0 bridgehead atoms. The maximum absolute atomic E-state index is 6.07. The smallest absolute Gasteiger partial charge is 0.134 e. The van der Waals surface area contributed by atoms with E-state index in [-0.39, 0.29) is 6.04 Å². The molecular formula is C15H19NO2. The van der Waals surface area contributed by atoms with E-state index < -0.39 is 0 Å². The number of furan rings is 1. The van der Waals surface area contributed by atoms with Crippen molar-refractivity contribution in [2.24, 2.45) is 11.7 Å². The van der Waals surface area contributed by atoms with Crippen molar-refractivity contribution in [2.45, 2.75) is 25.3 Å². The van der Waals surface area contributed by atoms with Gasteiger partial charge in [0.2, 0.25) is 0 Å². The highest BCUT2D eigenvalue weighted by molar-refractivity contribution is 5.77. The average molecular weight is 245 g/mol. The van der Waals surface area contributed by atoms with Gasteiger partial charge in [0.25, 0.3) is 0 Å². The first-order valence-electron chi connectivity index (χ1n) is 6.65. The molecule has 1 unspecified atom stereocenters. The van der Waals surface area contributed by atoms with Crippen LogP contribution in [0.3, 0.4) is 0 Å². The molecule has 1 fully saturated rings. The Balaban J connectivity index is 1.55. The lowest BCUT2D eigenvalue weighted by atomic mass is 10.2. The molecule has 18 heavy (non-hydrogen) atoms. The molecule has 1 aliphatic rings. The van der Waals surface area contributed by atoms with Crippen molar-refractivity contribution in [1.29, 1.82) is 0 Å². The van der Waals surface area contributed by atoms with E-state index in [2.05, 4.69) is 0 Å². The molecule has 1 aliphatic carbocycles. The lowest BCUT2D eigenvalue weighted by molar-refractivity contribution is 0.111. The van der Waals surface area contributed by atoms with Crippen LogP contribution in [0.1, 0.15) is 31.1 Å². The van der Waals surface area contributed by atoms with E-state index in [9.17, 15) is 0 Å². The van der Waals surface area contributed by atoms with Crippen LogP contribution in [0.15, 0.2) is 34.7 Å². The minimum atomic E-state index is -0.170. The molecule has 0 aliphatic heterocycles. The quantitative estimate of drug-likeness (QED) is 0.795. The monoisotopic (exact) mass is 245 g/mol. The van der Waals surface area contributed by atoms with E-state index in [1.165, 1.54) is 19.3 Å². The van der Waals surface area contributed by atoms with Gasteiger partial charge in [0.15, 0.2) is 0 Å². The third-order valence-electron chi connectivity index (χ3n) is 3.47. The molecule has 0 radical (unpaired) electrons. The van der Waals surface area contributed by atoms with Gasteiger partial charge in [-0.25, -0.2) is 0 Å². The van der Waals surface area contributed by atoms with Crippen molar-refractivity contribution in [1.82, 2.24) is 0 Å². The van der Waals surface area contributed by atoms with Crippen LogP contribution in [0.2, 0.25) is 0 Å². The normalized spacial score (nSPS) is 17.2. The van der Waals surface area contributed by atoms with E-state index >= 15 is 0 Å². The zero-order valence-electron chi connectivity index (χ0n) is 10.5. The summed E-state index contributed by atoms with van der Waals surface area (Å²) in [5, 5.41) is 1.10. The fraction of sp³-hybridized carbons (Fsp3) is 0.467. The Hall–Kier alpha value is -1.32. The largest absolute Gasteiger partial charge is 0.459 e. The molecule has 3 heteroatoms. The van der Waals surface area contributed by atoms with E-state index in [0.29, 0.717) is 6.61 Å². The highest BCUT2D eigenvalue weighted by Crippen LogP contribution is 2.32. The summed E-state index contributed by atoms with van der Waals surface area (Å²) < 4.78 is 11.3. The number of para-hydroxylation sites is 1. The molecule has 2 aromatic rings. The van der Waals surface area contributed by atoms with E-state index in [4.69, 9.17) is 14.9 Å². The Labute approximate surface area is 107 Å². The SMILES string of the molecule is NC(COCCC1CC1)c1cc2ccccc2o1. The summed E-state index contributed by atoms with van der Waals surface area (Å²) in [6, 6.07) is 9.79. The summed E-state index contributed by atoms with van der Waals surface area (Å²) in [6.07, 6.45) is 3.92. The molecule has 0 amide bonds. The minimum absolute atomic E-state index is 0.170. The van der Waals surface area contributed by atoms with Gasteiger partial charge in [-0.1, -0.05) is 31.0 Å². The number of benzene rings is 1. The van der Waals surface area contributed by atoms with Crippen LogP contribution in [0.25, 0.3) is 11.0 Å². The first-order valence-corrected chi connectivity index (χ1v) is 6.65. The van der Waals surface area contributed by atoms with Gasteiger partial charge in [-0.2, -0.15) is 0 Å². The van der Waals surface area contributed by atoms with Gasteiger partial charge < -0.3 is 14.9 Å². The van der Waals surface area contributed by atoms with Gasteiger partial charge in [-0.3, -0.25) is 0 Å². The zero-order valence-corrected chi connectivity index (χ0v) is 10.5. The summed E-state index contributed by atoms with van der Waals surface area (Å²) >= 11 is 0. The second-order valence-corrected chi connectivity index (χ2v) is 5.10. The number of ether oxygens (including phenoxy) is 1. The second-order valence-electron chi connectivity index (χ2n) is 5.10. The maximum Gasteiger partial charge on any atom is 0.134 e. The lowest BCUT2D eigenvalue weighted by Crippen LogP contribution is -2.16. The van der Waals surface area contributed by atoms with Crippen LogP contribution < -0.4 is 5.73 Å². The first kappa shape index (κ1) is 11.8. The molecule has 1 aromatic heterocycles. The number of hydrogen-bond donors (Lipinski definition) is 1. The number of rotatable bonds is 6. The Morgan fingerprint density at radius 2 is 2.17 bits per heavy atom. The predicted octanol–water partition coefficient (Wildman–Crippen LogP) is 3.25. The van der Waals surface area contributed by atoms with Gasteiger partial charge in [0.1, 0.15) is 11.3 Å². The summed E-state index contributed by atoms with van der Waals surface area (Å²) in [7, 11) is 0. The van der Waals surface area contributed by atoms with Crippen LogP contribution in [-0.4, -0.2) is 13.2 Å². The summed E-state index contributed by atoms with van der Waals surface area (Å²) in [5.41, 5.74) is 6.96. The lowest BCUT2D eigenvalue weighted by Gasteiger charge is -2.09. The van der Waals surface area contributed by atoms with E-state index in [1.807, 2.05) is 30.3 Å². The molecule has 1 aromatic carbocycles. The van der Waals surface area contributed by atoms with Crippen molar-refractivity contribution in [3.63, 3.8) is 0 Å². The molecule has 3 rings (SSSR count). The molecule has 96 valence electrons. The van der Waals surface area contributed by atoms with Crippen molar-refractivity contribution >= 4 is 11.0 Å². The van der Waals surface area contributed by atoms with Gasteiger partial charge in [0, 0.05) is 12.0 Å². The standard InChI is InChI=1S/C15H19NO2/c16-13(10-17-8-7-11-5-6-11)15-9-12-3-1-2-4-14(12)18-15/h1-4,9,11,13H,5-8,10,16H2. The second kappa shape index (κ2) is 5.12. The molecule has 1 heterocycles. The molecule has 2 N–H and O–H groups in total. The molecule has 1 atom stereocenters. The maximum atomic E-state index is 6.07. The fourth-order valence-electron chi connectivity index (χ4n) is 2.13.